The van der Waals surface area contributed by atoms with E-state index in [4.69, 9.17) is 11.6 Å². The van der Waals surface area contributed by atoms with Gasteiger partial charge in [0.05, 0.1) is 0 Å². The lowest BCUT2D eigenvalue weighted by Gasteiger charge is -2.10. The number of aromatic nitrogens is 2. The van der Waals surface area contributed by atoms with Crippen LogP contribution in [0.15, 0.2) is 12.3 Å². The summed E-state index contributed by atoms with van der Waals surface area (Å²) in [6.07, 6.45) is 5.26. The third-order valence-corrected chi connectivity index (χ3v) is 2.96. The van der Waals surface area contributed by atoms with E-state index in [1.807, 2.05) is 17.9 Å². The van der Waals surface area contributed by atoms with Gasteiger partial charge in [0.2, 0.25) is 0 Å². The Bertz CT molecular complexity index is 241. The zero-order valence-corrected chi connectivity index (χ0v) is 9.09. The predicted molar refractivity (Wildman–Crippen MR) is 56.0 cm³/mol. The number of rotatable bonds is 5. The smallest absolute Gasteiger partial charge is 0.0492 e. The molecule has 0 fully saturated rings. The topological polar surface area (TPSA) is 17.8 Å². The number of alkyl halides is 1. The number of aryl methyl sites for hydroxylation is 2. The van der Waals surface area contributed by atoms with Crippen LogP contribution in [0.4, 0.5) is 0 Å². The molecule has 2 nitrogen and oxygen atoms in total. The van der Waals surface area contributed by atoms with Crippen molar-refractivity contribution in [1.29, 1.82) is 0 Å². The molecular formula is C10H17ClN2. The molecule has 0 aromatic carbocycles. The van der Waals surface area contributed by atoms with Gasteiger partial charge >= 0.3 is 0 Å². The second-order valence-corrected chi connectivity index (χ2v) is 3.72. The number of halogens is 1. The molecule has 0 amide bonds. The third-order valence-electron chi connectivity index (χ3n) is 2.53. The zero-order chi connectivity index (χ0) is 9.68. The highest BCUT2D eigenvalue weighted by molar-refractivity contribution is 6.18. The zero-order valence-electron chi connectivity index (χ0n) is 8.33. The molecule has 0 bridgehead atoms. The van der Waals surface area contributed by atoms with Gasteiger partial charge in [0.25, 0.3) is 0 Å². The maximum absolute atomic E-state index is 5.83. The maximum atomic E-state index is 5.83. The number of hydrogen-bond donors (Lipinski definition) is 0. The van der Waals surface area contributed by atoms with Gasteiger partial charge in [-0.25, -0.2) is 0 Å². The molecule has 3 heteroatoms. The van der Waals surface area contributed by atoms with Gasteiger partial charge in [0, 0.05) is 24.8 Å². The Morgan fingerprint density at radius 3 is 2.85 bits per heavy atom. The van der Waals surface area contributed by atoms with Crippen LogP contribution in [-0.4, -0.2) is 15.7 Å². The Kier molecular flexibility index (Phi) is 4.29. The van der Waals surface area contributed by atoms with Gasteiger partial charge in [-0.15, -0.1) is 11.6 Å². The number of nitrogens with zero attached hydrogens (tertiary/aromatic N) is 2. The van der Waals surface area contributed by atoms with E-state index in [1.54, 1.807) is 0 Å². The van der Waals surface area contributed by atoms with Crippen molar-refractivity contribution < 1.29 is 0 Å². The van der Waals surface area contributed by atoms with Crippen LogP contribution < -0.4 is 0 Å². The van der Waals surface area contributed by atoms with Crippen LogP contribution in [0.5, 0.6) is 0 Å². The van der Waals surface area contributed by atoms with Gasteiger partial charge in [-0.05, 0) is 24.8 Å². The fourth-order valence-electron chi connectivity index (χ4n) is 1.39. The predicted octanol–water partition coefficient (Wildman–Crippen LogP) is 2.62. The van der Waals surface area contributed by atoms with Crippen LogP contribution >= 0.6 is 11.6 Å². The lowest BCUT2D eigenvalue weighted by atomic mass is 10.0. The second kappa shape index (κ2) is 5.28. The van der Waals surface area contributed by atoms with E-state index in [2.05, 4.69) is 18.1 Å². The molecule has 1 aromatic heterocycles. The van der Waals surface area contributed by atoms with Crippen molar-refractivity contribution in [3.05, 3.63) is 18.0 Å². The van der Waals surface area contributed by atoms with Crippen LogP contribution in [0.1, 0.15) is 25.5 Å². The van der Waals surface area contributed by atoms with Crippen molar-refractivity contribution in [2.24, 2.45) is 13.0 Å². The molecule has 1 unspecified atom stereocenters. The summed E-state index contributed by atoms with van der Waals surface area (Å²) in [7, 11) is 1.98. The Labute approximate surface area is 84.9 Å². The summed E-state index contributed by atoms with van der Waals surface area (Å²) >= 11 is 5.83. The van der Waals surface area contributed by atoms with Crippen LogP contribution in [0.25, 0.3) is 0 Å². The van der Waals surface area contributed by atoms with Crippen molar-refractivity contribution in [2.75, 3.05) is 5.88 Å². The summed E-state index contributed by atoms with van der Waals surface area (Å²) in [5, 5.41) is 4.13. The monoisotopic (exact) mass is 200 g/mol. The summed E-state index contributed by atoms with van der Waals surface area (Å²) < 4.78 is 1.93. The van der Waals surface area contributed by atoms with Gasteiger partial charge in [0.1, 0.15) is 0 Å². The molecule has 0 saturated heterocycles. The standard InChI is InChI=1S/C10H17ClN2/c1-3-9(8-11)4-5-10-6-7-12-13(10)2/h6-7,9H,3-5,8H2,1-2H3. The number of hydrogen-bond acceptors (Lipinski definition) is 1. The molecule has 0 spiro atoms. The van der Waals surface area contributed by atoms with Crippen molar-refractivity contribution in [3.63, 3.8) is 0 Å². The van der Waals surface area contributed by atoms with Gasteiger partial charge in [0.15, 0.2) is 0 Å². The van der Waals surface area contributed by atoms with Gasteiger partial charge < -0.3 is 0 Å². The van der Waals surface area contributed by atoms with Crippen LogP contribution in [0.3, 0.4) is 0 Å². The second-order valence-electron chi connectivity index (χ2n) is 3.41. The highest BCUT2D eigenvalue weighted by atomic mass is 35.5. The van der Waals surface area contributed by atoms with Crippen molar-refractivity contribution in [1.82, 2.24) is 9.78 Å². The summed E-state index contributed by atoms with van der Waals surface area (Å²) in [6, 6.07) is 2.07. The van der Waals surface area contributed by atoms with Crippen LogP contribution in [0.2, 0.25) is 0 Å². The molecule has 0 radical (unpaired) electrons. The van der Waals surface area contributed by atoms with E-state index >= 15 is 0 Å². The minimum Gasteiger partial charge on any atom is -0.273 e. The minimum absolute atomic E-state index is 0.650. The van der Waals surface area contributed by atoms with E-state index in [1.165, 1.54) is 18.5 Å². The van der Waals surface area contributed by atoms with E-state index < -0.39 is 0 Å². The Balaban J connectivity index is 2.38. The first-order valence-electron chi connectivity index (χ1n) is 4.80. The third kappa shape index (κ3) is 3.03. The minimum atomic E-state index is 0.650. The van der Waals surface area contributed by atoms with Crippen molar-refractivity contribution in [3.8, 4) is 0 Å². The molecule has 0 aliphatic carbocycles. The molecule has 0 N–H and O–H groups in total. The van der Waals surface area contributed by atoms with Crippen molar-refractivity contribution in [2.45, 2.75) is 26.2 Å². The molecule has 0 aliphatic heterocycles. The SMILES string of the molecule is CCC(CCl)CCc1ccnn1C. The molecule has 13 heavy (non-hydrogen) atoms. The lowest BCUT2D eigenvalue weighted by Crippen LogP contribution is -2.05. The molecule has 74 valence electrons. The van der Waals surface area contributed by atoms with Crippen molar-refractivity contribution >= 4 is 11.6 Å². The Morgan fingerprint density at radius 1 is 1.62 bits per heavy atom. The quantitative estimate of drug-likeness (QED) is 0.669. The van der Waals surface area contributed by atoms with E-state index in [-0.39, 0.29) is 0 Å². The molecule has 0 saturated carbocycles. The van der Waals surface area contributed by atoms with E-state index in [9.17, 15) is 0 Å². The summed E-state index contributed by atoms with van der Waals surface area (Å²) in [6.45, 7) is 2.19. The fourth-order valence-corrected chi connectivity index (χ4v) is 1.76. The average molecular weight is 201 g/mol. The van der Waals surface area contributed by atoms with E-state index in [0.29, 0.717) is 5.92 Å². The molecule has 1 atom stereocenters. The highest BCUT2D eigenvalue weighted by Crippen LogP contribution is 2.13. The largest absolute Gasteiger partial charge is 0.273 e. The summed E-state index contributed by atoms with van der Waals surface area (Å²) in [5.41, 5.74) is 1.29. The fraction of sp³-hybridized carbons (Fsp3) is 0.700. The van der Waals surface area contributed by atoms with Gasteiger partial charge in [-0.3, -0.25) is 4.68 Å². The molecule has 1 rings (SSSR count). The first-order valence-corrected chi connectivity index (χ1v) is 5.34. The Hall–Kier alpha value is -0.500. The van der Waals surface area contributed by atoms with E-state index in [0.717, 1.165) is 12.3 Å². The molecule has 1 aromatic rings. The Morgan fingerprint density at radius 2 is 2.38 bits per heavy atom. The summed E-state index contributed by atoms with van der Waals surface area (Å²) in [4.78, 5) is 0. The highest BCUT2D eigenvalue weighted by Gasteiger charge is 2.06. The molecular weight excluding hydrogens is 184 g/mol. The van der Waals surface area contributed by atoms with Crippen LogP contribution in [0, 0.1) is 5.92 Å². The average Bonchev–Trinajstić information content (AvgIpc) is 2.54. The first-order chi connectivity index (χ1) is 6.27. The maximum Gasteiger partial charge on any atom is 0.0492 e. The molecule has 1 heterocycles. The van der Waals surface area contributed by atoms with Crippen LogP contribution in [-0.2, 0) is 13.5 Å². The first kappa shape index (κ1) is 10.6. The molecule has 0 aliphatic rings. The lowest BCUT2D eigenvalue weighted by molar-refractivity contribution is 0.510. The summed E-state index contributed by atoms with van der Waals surface area (Å²) in [5.74, 6) is 1.42. The normalized spacial score (nSPS) is 13.2. The van der Waals surface area contributed by atoms with Gasteiger partial charge in [-0.1, -0.05) is 13.3 Å². The van der Waals surface area contributed by atoms with Gasteiger partial charge in [-0.2, -0.15) is 5.10 Å².